The minimum atomic E-state index is -0.810. The molecule has 0 saturated carbocycles. The Morgan fingerprint density at radius 2 is 2.14 bits per heavy atom. The van der Waals surface area contributed by atoms with E-state index in [9.17, 15) is 19.7 Å². The van der Waals surface area contributed by atoms with Crippen LogP contribution in [0.2, 0.25) is 0 Å². The number of ether oxygens (including phenoxy) is 1. The van der Waals surface area contributed by atoms with Crippen molar-refractivity contribution in [3.8, 4) is 0 Å². The first kappa shape index (κ1) is 20.1. The maximum atomic E-state index is 13.0. The van der Waals surface area contributed by atoms with Crippen LogP contribution in [0.25, 0.3) is 0 Å². The Bertz CT molecular complexity index is 909. The molecule has 1 aromatic rings. The van der Waals surface area contributed by atoms with Gasteiger partial charge in [-0.05, 0) is 32.8 Å². The van der Waals surface area contributed by atoms with Crippen LogP contribution < -0.4 is 0 Å². The van der Waals surface area contributed by atoms with E-state index in [1.54, 1.807) is 32.9 Å². The molecule has 8 nitrogen and oxygen atoms in total. The first-order chi connectivity index (χ1) is 13.2. The van der Waals surface area contributed by atoms with Crippen molar-refractivity contribution in [2.45, 2.75) is 51.5 Å². The molecule has 0 N–H and O–H groups in total. The summed E-state index contributed by atoms with van der Waals surface area (Å²) in [6.45, 7) is 7.07. The number of hydrogen-bond donors (Lipinski definition) is 0. The number of nitro benzene ring substituents is 1. The molecular weight excluding hydrogens is 382 g/mol. The van der Waals surface area contributed by atoms with Gasteiger partial charge in [-0.25, -0.2) is 9.79 Å². The number of amidine groups is 1. The Balaban J connectivity index is 2.16. The Labute approximate surface area is 166 Å². The van der Waals surface area contributed by atoms with Gasteiger partial charge in [0.1, 0.15) is 0 Å². The molecule has 1 amide bonds. The number of thioether (sulfide) groups is 1. The third-order valence-electron chi connectivity index (χ3n) is 4.48. The maximum absolute atomic E-state index is 13.0. The Morgan fingerprint density at radius 1 is 1.43 bits per heavy atom. The third-order valence-corrected chi connectivity index (χ3v) is 5.80. The van der Waals surface area contributed by atoms with E-state index in [4.69, 9.17) is 4.74 Å². The number of benzene rings is 1. The highest BCUT2D eigenvalue weighted by Crippen LogP contribution is 2.44. The fraction of sp³-hybridized carbons (Fsp3) is 0.421. The molecule has 3 rings (SSSR count). The highest BCUT2D eigenvalue weighted by Gasteiger charge is 2.47. The van der Waals surface area contributed by atoms with Gasteiger partial charge in [-0.2, -0.15) is 0 Å². The standard InChI is InChI=1S/C19H21N3O5S/c1-5-14-17(23)21-16(12-7-6-8-13(9-12)22(25)26)15(18(24)27-10(2)3)11(4)20-19(21)28-14/h6-10,14,16H,5H2,1-4H3/t14-,16-/m0/s1. The molecule has 2 atom stereocenters. The van der Waals surface area contributed by atoms with Crippen LogP contribution in [0, 0.1) is 10.1 Å². The van der Waals surface area contributed by atoms with E-state index in [2.05, 4.69) is 4.99 Å². The van der Waals surface area contributed by atoms with Gasteiger partial charge in [-0.3, -0.25) is 19.8 Å². The lowest BCUT2D eigenvalue weighted by molar-refractivity contribution is -0.384. The maximum Gasteiger partial charge on any atom is 0.338 e. The summed E-state index contributed by atoms with van der Waals surface area (Å²) in [5, 5.41) is 11.5. The second-order valence-electron chi connectivity index (χ2n) is 6.83. The summed E-state index contributed by atoms with van der Waals surface area (Å²) < 4.78 is 5.38. The Kier molecular flexibility index (Phi) is 5.55. The average Bonchev–Trinajstić information content (AvgIpc) is 2.95. The molecule has 148 valence electrons. The number of amides is 1. The number of rotatable bonds is 5. The lowest BCUT2D eigenvalue weighted by Gasteiger charge is -2.33. The van der Waals surface area contributed by atoms with Crippen molar-refractivity contribution in [2.24, 2.45) is 4.99 Å². The first-order valence-corrected chi connectivity index (χ1v) is 9.87. The van der Waals surface area contributed by atoms with Gasteiger partial charge in [0, 0.05) is 12.1 Å². The summed E-state index contributed by atoms with van der Waals surface area (Å²) in [6.07, 6.45) is 0.266. The summed E-state index contributed by atoms with van der Waals surface area (Å²) in [5.41, 5.74) is 1.04. The minimum absolute atomic E-state index is 0.109. The van der Waals surface area contributed by atoms with Gasteiger partial charge in [0.2, 0.25) is 5.91 Å². The third kappa shape index (κ3) is 3.54. The van der Waals surface area contributed by atoms with Crippen LogP contribution in [0.5, 0.6) is 0 Å². The zero-order chi connectivity index (χ0) is 20.6. The van der Waals surface area contributed by atoms with E-state index >= 15 is 0 Å². The zero-order valence-electron chi connectivity index (χ0n) is 16.0. The lowest BCUT2D eigenvalue weighted by Crippen LogP contribution is -2.41. The van der Waals surface area contributed by atoms with E-state index in [0.717, 1.165) is 0 Å². The molecule has 28 heavy (non-hydrogen) atoms. The van der Waals surface area contributed by atoms with Crippen LogP contribution in [-0.4, -0.2) is 38.2 Å². The molecule has 0 aliphatic carbocycles. The van der Waals surface area contributed by atoms with Crippen LogP contribution in [-0.2, 0) is 14.3 Å². The monoisotopic (exact) mass is 403 g/mol. The van der Waals surface area contributed by atoms with E-state index in [0.29, 0.717) is 22.8 Å². The van der Waals surface area contributed by atoms with Crippen molar-refractivity contribution < 1.29 is 19.2 Å². The normalized spacial score (nSPS) is 21.7. The molecule has 0 bridgehead atoms. The number of carbonyl (C=O) groups is 2. The largest absolute Gasteiger partial charge is 0.459 e. The van der Waals surface area contributed by atoms with Gasteiger partial charge in [0.25, 0.3) is 5.69 Å². The van der Waals surface area contributed by atoms with E-state index < -0.39 is 16.9 Å². The van der Waals surface area contributed by atoms with Gasteiger partial charge in [-0.1, -0.05) is 30.8 Å². The molecule has 0 spiro atoms. The second-order valence-corrected chi connectivity index (χ2v) is 8.00. The number of carbonyl (C=O) groups excluding carboxylic acids is 2. The number of allylic oxidation sites excluding steroid dienone is 1. The fourth-order valence-electron chi connectivity index (χ4n) is 3.25. The SMILES string of the molecule is CC[C@@H]1SC2=NC(C)=C(C(=O)OC(C)C)[C@H](c3cccc([N+](=O)[O-])c3)N2C1=O. The molecule has 0 unspecified atom stereocenters. The summed E-state index contributed by atoms with van der Waals surface area (Å²) in [7, 11) is 0. The van der Waals surface area contributed by atoms with Crippen LogP contribution in [0.1, 0.15) is 45.7 Å². The van der Waals surface area contributed by atoms with Crippen molar-refractivity contribution in [3.05, 3.63) is 51.2 Å². The van der Waals surface area contributed by atoms with E-state index in [-0.39, 0.29) is 28.5 Å². The van der Waals surface area contributed by atoms with Crippen LogP contribution in [0.15, 0.2) is 40.5 Å². The van der Waals surface area contributed by atoms with E-state index in [1.807, 2.05) is 6.92 Å². The summed E-state index contributed by atoms with van der Waals surface area (Å²) in [6, 6.07) is 5.17. The van der Waals surface area contributed by atoms with Gasteiger partial charge in [-0.15, -0.1) is 0 Å². The predicted molar refractivity (Wildman–Crippen MR) is 106 cm³/mol. The molecule has 0 aromatic heterocycles. The van der Waals surface area contributed by atoms with Crippen molar-refractivity contribution in [1.29, 1.82) is 0 Å². The number of nitro groups is 1. The highest BCUT2D eigenvalue weighted by atomic mass is 32.2. The zero-order valence-corrected chi connectivity index (χ0v) is 16.9. The molecule has 2 heterocycles. The van der Waals surface area contributed by atoms with Crippen molar-refractivity contribution in [1.82, 2.24) is 4.90 Å². The number of non-ortho nitro benzene ring substituents is 1. The van der Waals surface area contributed by atoms with Gasteiger partial charge < -0.3 is 4.74 Å². The van der Waals surface area contributed by atoms with Crippen molar-refractivity contribution >= 4 is 34.5 Å². The molecule has 2 aliphatic rings. The molecule has 1 saturated heterocycles. The molecule has 2 aliphatic heterocycles. The molecule has 1 fully saturated rings. The van der Waals surface area contributed by atoms with Crippen LogP contribution in [0.4, 0.5) is 5.69 Å². The quantitative estimate of drug-likeness (QED) is 0.423. The summed E-state index contributed by atoms with van der Waals surface area (Å²) in [5.74, 6) is -0.741. The average molecular weight is 403 g/mol. The Hall–Kier alpha value is -2.68. The summed E-state index contributed by atoms with van der Waals surface area (Å²) in [4.78, 5) is 42.5. The van der Waals surface area contributed by atoms with Gasteiger partial charge in [0.05, 0.1) is 33.6 Å². The molecule has 0 radical (unpaired) electrons. The summed E-state index contributed by atoms with van der Waals surface area (Å²) >= 11 is 1.35. The van der Waals surface area contributed by atoms with Crippen molar-refractivity contribution in [3.63, 3.8) is 0 Å². The van der Waals surface area contributed by atoms with Crippen LogP contribution in [0.3, 0.4) is 0 Å². The highest BCUT2D eigenvalue weighted by molar-refractivity contribution is 8.15. The topological polar surface area (TPSA) is 102 Å². The predicted octanol–water partition coefficient (Wildman–Crippen LogP) is 3.59. The first-order valence-electron chi connectivity index (χ1n) is 8.99. The minimum Gasteiger partial charge on any atom is -0.459 e. The number of aliphatic imine (C=N–C) groups is 1. The van der Waals surface area contributed by atoms with Crippen LogP contribution >= 0.6 is 11.8 Å². The number of esters is 1. The van der Waals surface area contributed by atoms with Gasteiger partial charge >= 0.3 is 5.97 Å². The number of fused-ring (bicyclic) bond motifs is 1. The lowest BCUT2D eigenvalue weighted by atomic mass is 9.94. The smallest absolute Gasteiger partial charge is 0.338 e. The second kappa shape index (κ2) is 7.75. The molecular formula is C19H21N3O5S. The number of hydrogen-bond acceptors (Lipinski definition) is 7. The fourth-order valence-corrected chi connectivity index (χ4v) is 4.39. The van der Waals surface area contributed by atoms with E-state index in [1.165, 1.54) is 28.8 Å². The number of nitrogens with zero attached hydrogens (tertiary/aromatic N) is 3. The Morgan fingerprint density at radius 3 is 2.75 bits per heavy atom. The molecule has 9 heteroatoms. The van der Waals surface area contributed by atoms with Crippen molar-refractivity contribution in [2.75, 3.05) is 0 Å². The van der Waals surface area contributed by atoms with Gasteiger partial charge in [0.15, 0.2) is 5.17 Å². The molecule has 1 aromatic carbocycles.